The molecule has 5 nitrogen and oxygen atoms in total. The molecule has 0 aromatic carbocycles. The average molecular weight is 259 g/mol. The lowest BCUT2D eigenvalue weighted by molar-refractivity contribution is -0.150. The van der Waals surface area contributed by atoms with Gasteiger partial charge in [0.05, 0.1) is 0 Å². The summed E-state index contributed by atoms with van der Waals surface area (Å²) in [5, 5.41) is 2.77. The number of nitrogens with one attached hydrogen (secondary N) is 1. The summed E-state index contributed by atoms with van der Waals surface area (Å²) in [6.07, 6.45) is 5.51. The first-order valence-corrected chi connectivity index (χ1v) is 6.66. The van der Waals surface area contributed by atoms with Crippen molar-refractivity contribution in [2.75, 3.05) is 0 Å². The molecule has 1 aliphatic carbocycles. The monoisotopic (exact) mass is 259 g/mol. The predicted molar refractivity (Wildman–Crippen MR) is 68.9 cm³/mol. The van der Waals surface area contributed by atoms with E-state index in [4.69, 9.17) is 0 Å². The van der Waals surface area contributed by atoms with Gasteiger partial charge in [0.2, 0.25) is 11.8 Å². The predicted octanol–water partition coefficient (Wildman–Crippen LogP) is 0.707. The lowest BCUT2D eigenvalue weighted by Crippen LogP contribution is -2.62. The van der Waals surface area contributed by atoms with E-state index in [0.29, 0.717) is 12.5 Å². The minimum absolute atomic E-state index is 0.000327. The average Bonchev–Trinajstić information content (AvgIpc) is 3.21. The van der Waals surface area contributed by atoms with E-state index < -0.39 is 6.04 Å². The largest absolute Gasteiger partial charge is 0.343 e. The van der Waals surface area contributed by atoms with Crippen molar-refractivity contribution in [3.63, 3.8) is 0 Å². The number of pyridine rings is 1. The van der Waals surface area contributed by atoms with E-state index in [1.807, 2.05) is 12.1 Å². The van der Waals surface area contributed by atoms with Gasteiger partial charge in [-0.15, -0.1) is 0 Å². The molecule has 19 heavy (non-hydrogen) atoms. The molecule has 3 rings (SSSR count). The topological polar surface area (TPSA) is 62.3 Å². The highest BCUT2D eigenvalue weighted by Gasteiger charge is 2.46. The zero-order valence-corrected chi connectivity index (χ0v) is 10.9. The number of carbonyl (C=O) groups is 2. The first-order chi connectivity index (χ1) is 9.16. The molecular formula is C14H17N3O2. The normalized spacial score (nSPS) is 27.3. The maximum absolute atomic E-state index is 12.3. The Morgan fingerprint density at radius 3 is 2.84 bits per heavy atom. The van der Waals surface area contributed by atoms with Gasteiger partial charge in [0, 0.05) is 18.9 Å². The molecule has 0 radical (unpaired) electrons. The van der Waals surface area contributed by atoms with Crippen LogP contribution >= 0.6 is 0 Å². The third-order valence-corrected chi connectivity index (χ3v) is 3.76. The molecule has 1 saturated carbocycles. The van der Waals surface area contributed by atoms with Gasteiger partial charge in [0.25, 0.3) is 0 Å². The van der Waals surface area contributed by atoms with Crippen LogP contribution < -0.4 is 5.32 Å². The summed E-state index contributed by atoms with van der Waals surface area (Å²) >= 11 is 0. The van der Waals surface area contributed by atoms with Gasteiger partial charge in [-0.3, -0.25) is 14.6 Å². The van der Waals surface area contributed by atoms with Crippen LogP contribution in [0, 0.1) is 5.92 Å². The van der Waals surface area contributed by atoms with Crippen LogP contribution in [-0.4, -0.2) is 33.8 Å². The van der Waals surface area contributed by atoms with E-state index in [9.17, 15) is 9.59 Å². The van der Waals surface area contributed by atoms with Crippen molar-refractivity contribution in [2.45, 2.75) is 38.4 Å². The first-order valence-electron chi connectivity index (χ1n) is 6.66. The maximum Gasteiger partial charge on any atom is 0.245 e. The van der Waals surface area contributed by atoms with E-state index in [-0.39, 0.29) is 17.9 Å². The Labute approximate surface area is 112 Å². The van der Waals surface area contributed by atoms with Crippen molar-refractivity contribution < 1.29 is 9.59 Å². The molecule has 1 N–H and O–H groups in total. The number of aromatic nitrogens is 1. The number of piperazine rings is 1. The van der Waals surface area contributed by atoms with E-state index in [1.54, 1.807) is 24.2 Å². The third kappa shape index (κ3) is 2.32. The SMILES string of the molecule is CC1NC(=O)C(C2CC2)N(Cc2cccnc2)C1=O. The molecule has 0 bridgehead atoms. The van der Waals surface area contributed by atoms with E-state index in [1.165, 1.54) is 0 Å². The summed E-state index contributed by atoms with van der Waals surface area (Å²) in [4.78, 5) is 30.2. The highest BCUT2D eigenvalue weighted by molar-refractivity contribution is 5.97. The Hall–Kier alpha value is -1.91. The molecule has 2 unspecified atom stereocenters. The van der Waals surface area contributed by atoms with E-state index >= 15 is 0 Å². The maximum atomic E-state index is 12.3. The van der Waals surface area contributed by atoms with Gasteiger partial charge in [-0.2, -0.15) is 0 Å². The number of amides is 2. The second-order valence-electron chi connectivity index (χ2n) is 5.34. The van der Waals surface area contributed by atoms with Crippen LogP contribution in [0.2, 0.25) is 0 Å². The van der Waals surface area contributed by atoms with Gasteiger partial charge in [-0.25, -0.2) is 0 Å². The molecule has 2 fully saturated rings. The van der Waals surface area contributed by atoms with Crippen molar-refractivity contribution in [3.8, 4) is 0 Å². The first kappa shape index (κ1) is 12.1. The molecule has 1 aromatic heterocycles. The number of rotatable bonds is 3. The molecule has 0 spiro atoms. The van der Waals surface area contributed by atoms with Crippen LogP contribution in [0.3, 0.4) is 0 Å². The summed E-state index contributed by atoms with van der Waals surface area (Å²) in [6.45, 7) is 2.20. The lowest BCUT2D eigenvalue weighted by atomic mass is 10.0. The van der Waals surface area contributed by atoms with Crippen LogP contribution in [-0.2, 0) is 16.1 Å². The Bertz CT molecular complexity index is 499. The summed E-state index contributed by atoms with van der Waals surface area (Å²) < 4.78 is 0. The fourth-order valence-corrected chi connectivity index (χ4v) is 2.63. The quantitative estimate of drug-likeness (QED) is 0.869. The molecule has 1 saturated heterocycles. The van der Waals surface area contributed by atoms with Gasteiger partial charge in [-0.05, 0) is 37.3 Å². The molecule has 1 aromatic rings. The highest BCUT2D eigenvalue weighted by atomic mass is 16.2. The molecule has 2 amide bonds. The van der Waals surface area contributed by atoms with Crippen molar-refractivity contribution in [2.24, 2.45) is 5.92 Å². The Kier molecular flexibility index (Phi) is 2.97. The van der Waals surface area contributed by atoms with Crippen molar-refractivity contribution in [1.29, 1.82) is 0 Å². The molecule has 100 valence electrons. The van der Waals surface area contributed by atoms with Gasteiger partial charge in [0.1, 0.15) is 12.1 Å². The molecule has 2 atom stereocenters. The van der Waals surface area contributed by atoms with Gasteiger partial charge < -0.3 is 10.2 Å². The van der Waals surface area contributed by atoms with E-state index in [0.717, 1.165) is 18.4 Å². The molecule has 5 heteroatoms. The minimum Gasteiger partial charge on any atom is -0.343 e. The lowest BCUT2D eigenvalue weighted by Gasteiger charge is -2.38. The molecule has 2 aliphatic rings. The number of nitrogens with zero attached hydrogens (tertiary/aromatic N) is 2. The van der Waals surface area contributed by atoms with Gasteiger partial charge >= 0.3 is 0 Å². The Balaban J connectivity index is 1.85. The second kappa shape index (κ2) is 4.64. The van der Waals surface area contributed by atoms with Crippen LogP contribution in [0.1, 0.15) is 25.3 Å². The smallest absolute Gasteiger partial charge is 0.245 e. The Morgan fingerprint density at radius 2 is 2.21 bits per heavy atom. The van der Waals surface area contributed by atoms with Crippen molar-refractivity contribution in [3.05, 3.63) is 30.1 Å². The minimum atomic E-state index is -0.431. The van der Waals surface area contributed by atoms with Crippen LogP contribution in [0.5, 0.6) is 0 Å². The van der Waals surface area contributed by atoms with Crippen LogP contribution in [0.25, 0.3) is 0 Å². The van der Waals surface area contributed by atoms with Gasteiger partial charge in [0.15, 0.2) is 0 Å². The number of hydrogen-bond acceptors (Lipinski definition) is 3. The summed E-state index contributed by atoms with van der Waals surface area (Å²) in [7, 11) is 0. The Morgan fingerprint density at radius 1 is 1.42 bits per heavy atom. The second-order valence-corrected chi connectivity index (χ2v) is 5.34. The zero-order valence-electron chi connectivity index (χ0n) is 10.9. The van der Waals surface area contributed by atoms with Gasteiger partial charge in [-0.1, -0.05) is 6.07 Å². The van der Waals surface area contributed by atoms with Crippen molar-refractivity contribution in [1.82, 2.24) is 15.2 Å². The molecular weight excluding hydrogens is 242 g/mol. The number of hydrogen-bond donors (Lipinski definition) is 1. The fraction of sp³-hybridized carbons (Fsp3) is 0.500. The van der Waals surface area contributed by atoms with Crippen LogP contribution in [0.15, 0.2) is 24.5 Å². The zero-order chi connectivity index (χ0) is 13.4. The fourth-order valence-electron chi connectivity index (χ4n) is 2.63. The number of carbonyl (C=O) groups excluding carboxylic acids is 2. The summed E-state index contributed by atoms with van der Waals surface area (Å²) in [5.41, 5.74) is 0.961. The molecule has 1 aliphatic heterocycles. The summed E-state index contributed by atoms with van der Waals surface area (Å²) in [6, 6.07) is 3.05. The van der Waals surface area contributed by atoms with Crippen molar-refractivity contribution >= 4 is 11.8 Å². The third-order valence-electron chi connectivity index (χ3n) is 3.76. The van der Waals surface area contributed by atoms with Crippen LogP contribution in [0.4, 0.5) is 0 Å². The highest BCUT2D eigenvalue weighted by Crippen LogP contribution is 2.37. The summed E-state index contributed by atoms with van der Waals surface area (Å²) in [5.74, 6) is 0.312. The standard InChI is InChI=1S/C14H17N3O2/c1-9-14(19)17(8-10-3-2-6-15-7-10)12(11-4-5-11)13(18)16-9/h2-3,6-7,9,11-12H,4-5,8H2,1H3,(H,16,18). The van der Waals surface area contributed by atoms with E-state index in [2.05, 4.69) is 10.3 Å². The molecule has 2 heterocycles.